The van der Waals surface area contributed by atoms with E-state index >= 15 is 0 Å². The minimum Gasteiger partial charge on any atom is -0.368 e. The van der Waals surface area contributed by atoms with Crippen molar-refractivity contribution in [3.8, 4) is 0 Å². The number of hydrogen-bond acceptors (Lipinski definition) is 3. The summed E-state index contributed by atoms with van der Waals surface area (Å²) in [4.78, 5) is 17.8. The summed E-state index contributed by atoms with van der Waals surface area (Å²) in [5.74, 6) is 1.06. The molecule has 126 valence electrons. The smallest absolute Gasteiger partial charge is 0.223 e. The van der Waals surface area contributed by atoms with Crippen LogP contribution >= 0.6 is 23.4 Å². The van der Waals surface area contributed by atoms with Gasteiger partial charge in [-0.25, -0.2) is 0 Å². The maximum atomic E-state index is 12.4. The number of anilines is 1. The second kappa shape index (κ2) is 8.45. The van der Waals surface area contributed by atoms with Crippen molar-refractivity contribution >= 4 is 35.0 Å². The van der Waals surface area contributed by atoms with Gasteiger partial charge in [0.2, 0.25) is 5.91 Å². The molecule has 1 heterocycles. The van der Waals surface area contributed by atoms with Crippen LogP contribution in [-0.2, 0) is 4.79 Å². The van der Waals surface area contributed by atoms with E-state index in [1.54, 1.807) is 11.8 Å². The van der Waals surface area contributed by atoms with Gasteiger partial charge >= 0.3 is 0 Å². The third-order valence-electron chi connectivity index (χ3n) is 4.15. The Hall–Kier alpha value is -1.65. The number of piperazine rings is 1. The fourth-order valence-corrected chi connectivity index (χ4v) is 3.76. The summed E-state index contributed by atoms with van der Waals surface area (Å²) < 4.78 is 0. The Labute approximate surface area is 152 Å². The molecule has 5 heteroatoms. The van der Waals surface area contributed by atoms with Crippen LogP contribution in [0.3, 0.4) is 0 Å². The summed E-state index contributed by atoms with van der Waals surface area (Å²) in [6, 6.07) is 18.2. The molecule has 0 radical (unpaired) electrons. The number of halogens is 1. The molecule has 0 aromatic heterocycles. The number of para-hydroxylation sites is 1. The molecule has 1 aliphatic heterocycles. The van der Waals surface area contributed by atoms with Crippen molar-refractivity contribution in [1.29, 1.82) is 0 Å². The van der Waals surface area contributed by atoms with E-state index in [0.29, 0.717) is 6.42 Å². The molecular formula is C19H21ClN2OS. The normalized spacial score (nSPS) is 14.7. The lowest BCUT2D eigenvalue weighted by Crippen LogP contribution is -2.48. The summed E-state index contributed by atoms with van der Waals surface area (Å²) in [5.41, 5.74) is 1.24. The molecule has 1 saturated heterocycles. The summed E-state index contributed by atoms with van der Waals surface area (Å²) >= 11 is 7.58. The zero-order valence-electron chi connectivity index (χ0n) is 13.5. The molecule has 0 bridgehead atoms. The molecule has 0 spiro atoms. The predicted octanol–water partition coefficient (Wildman–Crippen LogP) is 4.17. The van der Waals surface area contributed by atoms with Crippen molar-refractivity contribution in [2.45, 2.75) is 11.3 Å². The number of hydrogen-bond donors (Lipinski definition) is 0. The Morgan fingerprint density at radius 2 is 1.62 bits per heavy atom. The molecule has 3 rings (SSSR count). The van der Waals surface area contributed by atoms with Crippen molar-refractivity contribution in [3.63, 3.8) is 0 Å². The number of thioether (sulfide) groups is 1. The summed E-state index contributed by atoms with van der Waals surface area (Å²) in [7, 11) is 0. The molecule has 1 aliphatic rings. The van der Waals surface area contributed by atoms with Gasteiger partial charge in [0, 0.05) is 54.0 Å². The molecule has 0 atom stereocenters. The molecule has 0 saturated carbocycles. The standard InChI is InChI=1S/C19H21ClN2OS/c20-16-6-8-18(9-7-16)24-15-10-19(23)22-13-11-21(12-14-22)17-4-2-1-3-5-17/h1-9H,10-15H2. The number of carbonyl (C=O) groups is 1. The van der Waals surface area contributed by atoms with Crippen LogP contribution in [0.1, 0.15) is 6.42 Å². The second-order valence-corrected chi connectivity index (χ2v) is 7.36. The van der Waals surface area contributed by atoms with Gasteiger partial charge in [0.15, 0.2) is 0 Å². The highest BCUT2D eigenvalue weighted by molar-refractivity contribution is 7.99. The van der Waals surface area contributed by atoms with Crippen molar-refractivity contribution in [1.82, 2.24) is 4.90 Å². The van der Waals surface area contributed by atoms with Crippen molar-refractivity contribution < 1.29 is 4.79 Å². The Morgan fingerprint density at radius 1 is 0.958 bits per heavy atom. The summed E-state index contributed by atoms with van der Waals surface area (Å²) in [5, 5.41) is 0.742. The first kappa shape index (κ1) is 17.2. The summed E-state index contributed by atoms with van der Waals surface area (Å²) in [6.07, 6.45) is 0.582. The van der Waals surface area contributed by atoms with Crippen molar-refractivity contribution in [2.75, 3.05) is 36.8 Å². The first-order chi connectivity index (χ1) is 11.7. The van der Waals surface area contributed by atoms with E-state index in [0.717, 1.165) is 41.8 Å². The average molecular weight is 361 g/mol. The van der Waals surface area contributed by atoms with Gasteiger partial charge < -0.3 is 9.80 Å². The Bertz CT molecular complexity index is 655. The maximum Gasteiger partial charge on any atom is 0.223 e. The highest BCUT2D eigenvalue weighted by atomic mass is 35.5. The van der Waals surface area contributed by atoms with E-state index in [9.17, 15) is 4.79 Å². The quantitative estimate of drug-likeness (QED) is 0.747. The first-order valence-electron chi connectivity index (χ1n) is 8.18. The third-order valence-corrected chi connectivity index (χ3v) is 5.42. The molecule has 0 aliphatic carbocycles. The SMILES string of the molecule is O=C(CCSc1ccc(Cl)cc1)N1CCN(c2ccccc2)CC1. The van der Waals surface area contributed by atoms with E-state index in [2.05, 4.69) is 29.2 Å². The number of carbonyl (C=O) groups excluding carboxylic acids is 1. The number of nitrogens with zero attached hydrogens (tertiary/aromatic N) is 2. The molecule has 24 heavy (non-hydrogen) atoms. The topological polar surface area (TPSA) is 23.6 Å². The highest BCUT2D eigenvalue weighted by Gasteiger charge is 2.20. The minimum absolute atomic E-state index is 0.254. The molecule has 2 aromatic carbocycles. The van der Waals surface area contributed by atoms with Crippen LogP contribution in [0.25, 0.3) is 0 Å². The van der Waals surface area contributed by atoms with E-state index in [1.165, 1.54) is 5.69 Å². The number of amides is 1. The molecule has 0 unspecified atom stereocenters. The molecule has 1 amide bonds. The molecule has 1 fully saturated rings. The first-order valence-corrected chi connectivity index (χ1v) is 9.55. The van der Waals surface area contributed by atoms with Gasteiger partial charge in [0.25, 0.3) is 0 Å². The van der Waals surface area contributed by atoms with Gasteiger partial charge in [-0.15, -0.1) is 11.8 Å². The lowest BCUT2D eigenvalue weighted by atomic mass is 10.2. The fourth-order valence-electron chi connectivity index (χ4n) is 2.80. The van der Waals surface area contributed by atoms with Crippen molar-refractivity contribution in [2.24, 2.45) is 0 Å². The van der Waals surface area contributed by atoms with Crippen LogP contribution in [0.4, 0.5) is 5.69 Å². The molecular weight excluding hydrogens is 340 g/mol. The zero-order chi connectivity index (χ0) is 16.8. The Balaban J connectivity index is 1.41. The van der Waals surface area contributed by atoms with E-state index in [-0.39, 0.29) is 5.91 Å². The van der Waals surface area contributed by atoms with Gasteiger partial charge in [0.1, 0.15) is 0 Å². The van der Waals surface area contributed by atoms with Gasteiger partial charge in [-0.2, -0.15) is 0 Å². The maximum absolute atomic E-state index is 12.4. The second-order valence-electron chi connectivity index (χ2n) is 5.76. The Kier molecular flexibility index (Phi) is 6.05. The van der Waals surface area contributed by atoms with Crippen LogP contribution in [0.2, 0.25) is 5.02 Å². The lowest BCUT2D eigenvalue weighted by molar-refractivity contribution is -0.131. The third kappa shape index (κ3) is 4.68. The van der Waals surface area contributed by atoms with Crippen LogP contribution in [-0.4, -0.2) is 42.7 Å². The Morgan fingerprint density at radius 3 is 2.29 bits per heavy atom. The predicted molar refractivity (Wildman–Crippen MR) is 102 cm³/mol. The molecule has 3 nitrogen and oxygen atoms in total. The van der Waals surface area contributed by atoms with Gasteiger partial charge in [-0.05, 0) is 36.4 Å². The largest absolute Gasteiger partial charge is 0.368 e. The van der Waals surface area contributed by atoms with Crippen LogP contribution in [0, 0.1) is 0 Å². The number of benzene rings is 2. The summed E-state index contributed by atoms with van der Waals surface area (Å²) in [6.45, 7) is 3.42. The zero-order valence-corrected chi connectivity index (χ0v) is 15.1. The van der Waals surface area contributed by atoms with E-state index < -0.39 is 0 Å². The minimum atomic E-state index is 0.254. The molecule has 0 N–H and O–H groups in total. The van der Waals surface area contributed by atoms with Gasteiger partial charge in [-0.1, -0.05) is 29.8 Å². The average Bonchev–Trinajstić information content (AvgIpc) is 2.64. The van der Waals surface area contributed by atoms with E-state index in [1.807, 2.05) is 35.2 Å². The van der Waals surface area contributed by atoms with Gasteiger partial charge in [-0.3, -0.25) is 4.79 Å². The van der Waals surface area contributed by atoms with E-state index in [4.69, 9.17) is 11.6 Å². The van der Waals surface area contributed by atoms with Crippen LogP contribution in [0.5, 0.6) is 0 Å². The van der Waals surface area contributed by atoms with Crippen molar-refractivity contribution in [3.05, 3.63) is 59.6 Å². The highest BCUT2D eigenvalue weighted by Crippen LogP contribution is 2.21. The number of rotatable bonds is 5. The monoisotopic (exact) mass is 360 g/mol. The van der Waals surface area contributed by atoms with Gasteiger partial charge in [0.05, 0.1) is 0 Å². The molecule has 2 aromatic rings. The lowest BCUT2D eigenvalue weighted by Gasteiger charge is -2.36. The fraction of sp³-hybridized carbons (Fsp3) is 0.316. The van der Waals surface area contributed by atoms with Crippen LogP contribution < -0.4 is 4.90 Å². The van der Waals surface area contributed by atoms with Crippen LogP contribution in [0.15, 0.2) is 59.5 Å².